The molecule has 3 aromatic carbocycles. The third kappa shape index (κ3) is 4.70. The van der Waals surface area contributed by atoms with Gasteiger partial charge in [-0.25, -0.2) is 0 Å². The fourth-order valence-electron chi connectivity index (χ4n) is 3.78. The Balaban J connectivity index is 1.51. The summed E-state index contributed by atoms with van der Waals surface area (Å²) in [4.78, 5) is 0. The Morgan fingerprint density at radius 2 is 1.66 bits per heavy atom. The van der Waals surface area contributed by atoms with Crippen LogP contribution in [0.25, 0.3) is 28.5 Å². The highest BCUT2D eigenvalue weighted by Crippen LogP contribution is 2.38. The molecule has 0 fully saturated rings. The quantitative estimate of drug-likeness (QED) is 0.246. The number of aryl methyl sites for hydroxylation is 2. The molecule has 1 unspecified atom stereocenters. The summed E-state index contributed by atoms with van der Waals surface area (Å²) in [5.41, 5.74) is 5.05. The molecule has 0 aliphatic rings. The predicted octanol–water partition coefficient (Wildman–Crippen LogP) is 6.46. The van der Waals surface area contributed by atoms with Crippen molar-refractivity contribution in [3.05, 3.63) is 89.8 Å². The molecule has 35 heavy (non-hydrogen) atoms. The molecular weight excluding hydrogens is 458 g/mol. The number of benzene rings is 3. The van der Waals surface area contributed by atoms with Gasteiger partial charge in [-0.2, -0.15) is 0 Å². The molecule has 0 radical (unpaired) electrons. The van der Waals surface area contributed by atoms with Crippen LogP contribution in [0.1, 0.15) is 29.2 Å². The van der Waals surface area contributed by atoms with Crippen LogP contribution >= 0.6 is 11.8 Å². The normalized spacial score (nSPS) is 12.0. The zero-order valence-corrected chi connectivity index (χ0v) is 20.8. The molecule has 0 N–H and O–H groups in total. The number of ether oxygens (including phenoxy) is 1. The topological polar surface area (TPSA) is 78.9 Å². The molecule has 0 bridgehead atoms. The van der Waals surface area contributed by atoms with E-state index < -0.39 is 0 Å². The SMILES string of the molecule is COc1ccccc1-c1nnc(SC(C)c2nnc(-c3cccc(C)c3)o2)n1-c1ccc(C)cc1. The Morgan fingerprint density at radius 3 is 2.43 bits per heavy atom. The lowest BCUT2D eigenvalue weighted by molar-refractivity contribution is 0.416. The van der Waals surface area contributed by atoms with Crippen LogP contribution in [0.3, 0.4) is 0 Å². The molecular formula is C27H25N5O2S. The van der Waals surface area contributed by atoms with E-state index in [1.54, 1.807) is 7.11 Å². The van der Waals surface area contributed by atoms with Gasteiger partial charge >= 0.3 is 0 Å². The first-order valence-electron chi connectivity index (χ1n) is 11.3. The highest BCUT2D eigenvalue weighted by molar-refractivity contribution is 7.99. The maximum atomic E-state index is 6.03. The Bertz CT molecular complexity index is 1460. The lowest BCUT2D eigenvalue weighted by Crippen LogP contribution is -2.02. The van der Waals surface area contributed by atoms with E-state index in [1.165, 1.54) is 17.3 Å². The van der Waals surface area contributed by atoms with Crippen molar-refractivity contribution in [1.29, 1.82) is 0 Å². The maximum Gasteiger partial charge on any atom is 0.247 e. The first-order chi connectivity index (χ1) is 17.0. The smallest absolute Gasteiger partial charge is 0.247 e. The van der Waals surface area contributed by atoms with E-state index in [2.05, 4.69) is 51.6 Å². The number of aromatic nitrogens is 5. The first kappa shape index (κ1) is 22.9. The van der Waals surface area contributed by atoms with Gasteiger partial charge in [0.2, 0.25) is 11.8 Å². The Kier molecular flexibility index (Phi) is 6.37. The molecule has 0 aliphatic heterocycles. The van der Waals surface area contributed by atoms with E-state index >= 15 is 0 Å². The number of hydrogen-bond acceptors (Lipinski definition) is 7. The highest BCUT2D eigenvalue weighted by Gasteiger charge is 2.23. The van der Waals surface area contributed by atoms with Gasteiger partial charge in [0.25, 0.3) is 0 Å². The minimum Gasteiger partial charge on any atom is -0.496 e. The average Bonchev–Trinajstić information content (AvgIpc) is 3.53. The summed E-state index contributed by atoms with van der Waals surface area (Å²) in [5, 5.41) is 18.2. The summed E-state index contributed by atoms with van der Waals surface area (Å²) >= 11 is 1.52. The van der Waals surface area contributed by atoms with E-state index in [9.17, 15) is 0 Å². The molecule has 0 aliphatic carbocycles. The molecule has 8 heteroatoms. The molecule has 0 saturated carbocycles. The van der Waals surface area contributed by atoms with Crippen molar-refractivity contribution in [1.82, 2.24) is 25.0 Å². The van der Waals surface area contributed by atoms with Crippen LogP contribution in [0.4, 0.5) is 0 Å². The fraction of sp³-hybridized carbons (Fsp3) is 0.185. The second kappa shape index (κ2) is 9.76. The summed E-state index contributed by atoms with van der Waals surface area (Å²) in [7, 11) is 1.66. The van der Waals surface area contributed by atoms with Gasteiger partial charge in [0.05, 0.1) is 17.9 Å². The van der Waals surface area contributed by atoms with E-state index in [4.69, 9.17) is 9.15 Å². The van der Waals surface area contributed by atoms with E-state index in [0.29, 0.717) is 17.6 Å². The van der Waals surface area contributed by atoms with Crippen LogP contribution in [0.5, 0.6) is 5.75 Å². The molecule has 0 spiro atoms. The number of para-hydroxylation sites is 1. The highest BCUT2D eigenvalue weighted by atomic mass is 32.2. The van der Waals surface area contributed by atoms with Crippen LogP contribution in [0.15, 0.2) is 82.4 Å². The molecule has 1 atom stereocenters. The Labute approximate surface area is 208 Å². The van der Waals surface area contributed by atoms with Gasteiger partial charge in [0, 0.05) is 11.3 Å². The number of nitrogens with zero attached hydrogens (tertiary/aromatic N) is 5. The average molecular weight is 484 g/mol. The number of rotatable bonds is 7. The largest absolute Gasteiger partial charge is 0.496 e. The molecule has 0 saturated heterocycles. The van der Waals surface area contributed by atoms with E-state index in [0.717, 1.165) is 33.3 Å². The third-order valence-corrected chi connectivity index (χ3v) is 6.64. The van der Waals surface area contributed by atoms with Gasteiger partial charge in [-0.15, -0.1) is 20.4 Å². The third-order valence-electron chi connectivity index (χ3n) is 5.61. The number of thioether (sulfide) groups is 1. The van der Waals surface area contributed by atoms with Crippen LogP contribution in [0.2, 0.25) is 0 Å². The van der Waals surface area contributed by atoms with E-state index in [-0.39, 0.29) is 5.25 Å². The summed E-state index contributed by atoms with van der Waals surface area (Å²) < 4.78 is 13.7. The minimum atomic E-state index is -0.139. The van der Waals surface area contributed by atoms with E-state index in [1.807, 2.05) is 66.9 Å². The van der Waals surface area contributed by atoms with Crippen LogP contribution in [-0.2, 0) is 0 Å². The number of methoxy groups -OCH3 is 1. The fourth-order valence-corrected chi connectivity index (χ4v) is 4.68. The van der Waals surface area contributed by atoms with Crippen LogP contribution < -0.4 is 4.74 Å². The van der Waals surface area contributed by atoms with Gasteiger partial charge in [-0.1, -0.05) is 59.3 Å². The summed E-state index contributed by atoms with van der Waals surface area (Å²) in [6, 6.07) is 24.1. The van der Waals surface area contributed by atoms with Crippen molar-refractivity contribution in [3.63, 3.8) is 0 Å². The van der Waals surface area contributed by atoms with Gasteiger partial charge in [-0.05, 0) is 57.2 Å². The van der Waals surface area contributed by atoms with Gasteiger partial charge in [0.15, 0.2) is 11.0 Å². The molecule has 7 nitrogen and oxygen atoms in total. The van der Waals surface area contributed by atoms with Crippen molar-refractivity contribution in [3.8, 4) is 34.3 Å². The lowest BCUT2D eigenvalue weighted by atomic mass is 10.1. The van der Waals surface area contributed by atoms with Crippen molar-refractivity contribution < 1.29 is 9.15 Å². The standard InChI is InChI=1S/C27H25N5O2S/c1-17-12-14-21(15-13-17)32-24(22-10-5-6-11-23(22)33-4)28-31-27(32)35-19(3)25-29-30-26(34-25)20-9-7-8-18(2)16-20/h5-16,19H,1-4H3. The summed E-state index contributed by atoms with van der Waals surface area (Å²) in [6.07, 6.45) is 0. The van der Waals surface area contributed by atoms with Gasteiger partial charge in [-0.3, -0.25) is 4.57 Å². The molecule has 0 amide bonds. The molecule has 5 aromatic rings. The molecule has 2 aromatic heterocycles. The molecule has 5 rings (SSSR count). The second-order valence-corrected chi connectivity index (χ2v) is 9.56. The van der Waals surface area contributed by atoms with Crippen molar-refractivity contribution in [2.75, 3.05) is 7.11 Å². The van der Waals surface area contributed by atoms with Crippen molar-refractivity contribution in [2.45, 2.75) is 31.2 Å². The van der Waals surface area contributed by atoms with Crippen LogP contribution in [-0.4, -0.2) is 32.1 Å². The monoisotopic (exact) mass is 483 g/mol. The second-order valence-electron chi connectivity index (χ2n) is 8.25. The maximum absolute atomic E-state index is 6.03. The zero-order chi connectivity index (χ0) is 24.4. The minimum absolute atomic E-state index is 0.139. The summed E-state index contributed by atoms with van der Waals surface area (Å²) in [5.74, 6) is 2.47. The Hall–Kier alpha value is -3.91. The molecule has 2 heterocycles. The number of hydrogen-bond donors (Lipinski definition) is 0. The van der Waals surface area contributed by atoms with Crippen LogP contribution in [0, 0.1) is 13.8 Å². The zero-order valence-electron chi connectivity index (χ0n) is 20.0. The predicted molar refractivity (Wildman–Crippen MR) is 137 cm³/mol. The lowest BCUT2D eigenvalue weighted by Gasteiger charge is -2.13. The van der Waals surface area contributed by atoms with Gasteiger partial charge < -0.3 is 9.15 Å². The Morgan fingerprint density at radius 1 is 0.857 bits per heavy atom. The first-order valence-corrected chi connectivity index (χ1v) is 12.1. The molecule has 176 valence electrons. The van der Waals surface area contributed by atoms with Crippen molar-refractivity contribution in [2.24, 2.45) is 0 Å². The van der Waals surface area contributed by atoms with Crippen molar-refractivity contribution >= 4 is 11.8 Å². The van der Waals surface area contributed by atoms with Gasteiger partial charge in [0.1, 0.15) is 5.75 Å². The summed E-state index contributed by atoms with van der Waals surface area (Å²) in [6.45, 7) is 6.13.